The summed E-state index contributed by atoms with van der Waals surface area (Å²) in [6.45, 7) is 0. The van der Waals surface area contributed by atoms with Crippen molar-refractivity contribution in [3.63, 3.8) is 0 Å². The van der Waals surface area contributed by atoms with Crippen LogP contribution in [0.3, 0.4) is 0 Å². The second kappa shape index (κ2) is 5.38. The van der Waals surface area contributed by atoms with E-state index < -0.39 is 0 Å². The van der Waals surface area contributed by atoms with Gasteiger partial charge in [-0.15, -0.1) is 0 Å². The first-order valence-electron chi connectivity index (χ1n) is 6.97. The molecule has 0 heterocycles. The normalized spacial score (nSPS) is 30.7. The first kappa shape index (κ1) is 12.7. The van der Waals surface area contributed by atoms with E-state index in [9.17, 15) is 4.79 Å². The first-order valence-corrected chi connectivity index (χ1v) is 7.35. The molecule has 1 N–H and O–H groups in total. The highest BCUT2D eigenvalue weighted by molar-refractivity contribution is 6.30. The third kappa shape index (κ3) is 2.84. The van der Waals surface area contributed by atoms with Crippen LogP contribution in [0.15, 0.2) is 36.4 Å². The molecule has 0 spiro atoms. The van der Waals surface area contributed by atoms with E-state index in [1.54, 1.807) is 12.1 Å². The van der Waals surface area contributed by atoms with Gasteiger partial charge in [-0.05, 0) is 61.8 Å². The van der Waals surface area contributed by atoms with Crippen molar-refractivity contribution in [2.24, 2.45) is 17.8 Å². The van der Waals surface area contributed by atoms with Crippen LogP contribution in [0.2, 0.25) is 5.02 Å². The van der Waals surface area contributed by atoms with Crippen LogP contribution in [0.4, 0.5) is 5.69 Å². The molecule has 2 nitrogen and oxygen atoms in total. The third-order valence-electron chi connectivity index (χ3n) is 4.25. The molecule has 2 aliphatic rings. The quantitative estimate of drug-likeness (QED) is 0.803. The standard InChI is InChI=1S/C16H18ClNO/c17-11-7-9-12(10-8-11)18-16(19)15-13-5-3-1-2-4-6-14(13)15/h1-2,7-10,13-15H,3-6H2,(H,18,19)/b2-1+/t13-,14+,15?. The van der Waals surface area contributed by atoms with E-state index in [1.165, 1.54) is 0 Å². The van der Waals surface area contributed by atoms with Gasteiger partial charge in [-0.2, -0.15) is 0 Å². The van der Waals surface area contributed by atoms with Crippen molar-refractivity contribution in [1.82, 2.24) is 0 Å². The van der Waals surface area contributed by atoms with E-state index in [-0.39, 0.29) is 11.8 Å². The Morgan fingerprint density at radius 1 is 1.05 bits per heavy atom. The summed E-state index contributed by atoms with van der Waals surface area (Å²) < 4.78 is 0. The zero-order valence-electron chi connectivity index (χ0n) is 10.8. The topological polar surface area (TPSA) is 29.1 Å². The SMILES string of the molecule is O=C(Nc1ccc(Cl)cc1)C1[C@H]2CC/C=C/CC[C@@H]12. The molecule has 100 valence electrons. The number of fused-ring (bicyclic) bond motifs is 1. The van der Waals surface area contributed by atoms with Crippen LogP contribution in [0.25, 0.3) is 0 Å². The van der Waals surface area contributed by atoms with Crippen molar-refractivity contribution >= 4 is 23.2 Å². The van der Waals surface area contributed by atoms with E-state index >= 15 is 0 Å². The fraction of sp³-hybridized carbons (Fsp3) is 0.438. The Labute approximate surface area is 118 Å². The summed E-state index contributed by atoms with van der Waals surface area (Å²) in [4.78, 5) is 12.3. The summed E-state index contributed by atoms with van der Waals surface area (Å²) in [6, 6.07) is 7.31. The minimum atomic E-state index is 0.180. The number of anilines is 1. The summed E-state index contributed by atoms with van der Waals surface area (Å²) >= 11 is 5.84. The van der Waals surface area contributed by atoms with Crippen LogP contribution in [-0.2, 0) is 4.79 Å². The maximum atomic E-state index is 12.3. The largest absolute Gasteiger partial charge is 0.326 e. The number of carbonyl (C=O) groups excluding carboxylic acids is 1. The number of carbonyl (C=O) groups is 1. The van der Waals surface area contributed by atoms with E-state index in [1.807, 2.05) is 12.1 Å². The number of hydrogen-bond acceptors (Lipinski definition) is 1. The maximum absolute atomic E-state index is 12.3. The number of halogens is 1. The molecule has 0 aliphatic heterocycles. The predicted octanol–water partition coefficient (Wildman–Crippen LogP) is 4.27. The van der Waals surface area contributed by atoms with Crippen molar-refractivity contribution in [3.05, 3.63) is 41.4 Å². The van der Waals surface area contributed by atoms with E-state index in [0.717, 1.165) is 31.4 Å². The number of nitrogens with one attached hydrogen (secondary N) is 1. The molecule has 3 atom stereocenters. The summed E-state index contributed by atoms with van der Waals surface area (Å²) in [5.41, 5.74) is 0.840. The van der Waals surface area contributed by atoms with Crippen molar-refractivity contribution in [2.75, 3.05) is 5.32 Å². The number of rotatable bonds is 2. The van der Waals surface area contributed by atoms with Crippen molar-refractivity contribution in [3.8, 4) is 0 Å². The molecular weight excluding hydrogens is 258 g/mol. The second-order valence-electron chi connectivity index (χ2n) is 5.48. The molecule has 2 aliphatic carbocycles. The molecule has 1 fully saturated rings. The van der Waals surface area contributed by atoms with Crippen molar-refractivity contribution in [1.29, 1.82) is 0 Å². The Morgan fingerprint density at radius 3 is 2.21 bits per heavy atom. The lowest BCUT2D eigenvalue weighted by molar-refractivity contribution is -0.117. The maximum Gasteiger partial charge on any atom is 0.228 e. The molecule has 0 saturated heterocycles. The smallest absolute Gasteiger partial charge is 0.228 e. The fourth-order valence-corrected chi connectivity index (χ4v) is 3.32. The fourth-order valence-electron chi connectivity index (χ4n) is 3.19. The minimum absolute atomic E-state index is 0.180. The Kier molecular flexibility index (Phi) is 3.61. The molecule has 1 aromatic rings. The number of amides is 1. The molecule has 1 saturated carbocycles. The first-order chi connectivity index (χ1) is 9.25. The molecule has 3 rings (SSSR count). The van der Waals surface area contributed by atoms with Gasteiger partial charge in [0.1, 0.15) is 0 Å². The average Bonchev–Trinajstić information content (AvgIpc) is 3.03. The van der Waals surface area contributed by atoms with E-state index in [2.05, 4.69) is 17.5 Å². The van der Waals surface area contributed by atoms with E-state index in [0.29, 0.717) is 16.9 Å². The Hall–Kier alpha value is -1.28. The lowest BCUT2D eigenvalue weighted by atomic mass is 10.1. The van der Waals surface area contributed by atoms with Crippen molar-refractivity contribution in [2.45, 2.75) is 25.7 Å². The van der Waals surface area contributed by atoms with Gasteiger partial charge in [0.05, 0.1) is 0 Å². The zero-order valence-corrected chi connectivity index (χ0v) is 11.6. The molecule has 0 aromatic heterocycles. The van der Waals surface area contributed by atoms with Gasteiger partial charge in [0.2, 0.25) is 5.91 Å². The Morgan fingerprint density at radius 2 is 1.63 bits per heavy atom. The van der Waals surface area contributed by atoms with Gasteiger partial charge in [-0.3, -0.25) is 4.79 Å². The molecule has 0 bridgehead atoms. The van der Waals surface area contributed by atoms with Gasteiger partial charge in [0, 0.05) is 16.6 Å². The molecule has 1 unspecified atom stereocenters. The minimum Gasteiger partial charge on any atom is -0.326 e. The highest BCUT2D eigenvalue weighted by atomic mass is 35.5. The predicted molar refractivity (Wildman–Crippen MR) is 78.2 cm³/mol. The third-order valence-corrected chi connectivity index (χ3v) is 4.50. The highest BCUT2D eigenvalue weighted by Gasteiger charge is 2.53. The molecular formula is C16H18ClNO. The Bertz CT molecular complexity index is 478. The van der Waals surface area contributed by atoms with Gasteiger partial charge in [0.25, 0.3) is 0 Å². The average molecular weight is 276 g/mol. The zero-order chi connectivity index (χ0) is 13.2. The number of hydrogen-bond donors (Lipinski definition) is 1. The molecule has 0 radical (unpaired) electrons. The van der Waals surface area contributed by atoms with Crippen LogP contribution < -0.4 is 5.32 Å². The van der Waals surface area contributed by atoms with Crippen LogP contribution in [-0.4, -0.2) is 5.91 Å². The Balaban J connectivity index is 1.61. The van der Waals surface area contributed by atoms with Gasteiger partial charge >= 0.3 is 0 Å². The monoisotopic (exact) mass is 275 g/mol. The lowest BCUT2D eigenvalue weighted by Gasteiger charge is -2.04. The van der Waals surface area contributed by atoms with Crippen LogP contribution in [0, 0.1) is 17.8 Å². The molecule has 19 heavy (non-hydrogen) atoms. The van der Waals surface area contributed by atoms with Gasteiger partial charge < -0.3 is 5.32 Å². The summed E-state index contributed by atoms with van der Waals surface area (Å²) in [5.74, 6) is 1.59. The number of allylic oxidation sites excluding steroid dienone is 2. The number of benzene rings is 1. The summed E-state index contributed by atoms with van der Waals surface area (Å²) in [6.07, 6.45) is 9.04. The van der Waals surface area contributed by atoms with Crippen LogP contribution >= 0.6 is 11.6 Å². The van der Waals surface area contributed by atoms with Crippen LogP contribution in [0.1, 0.15) is 25.7 Å². The van der Waals surface area contributed by atoms with Crippen LogP contribution in [0.5, 0.6) is 0 Å². The highest BCUT2D eigenvalue weighted by Crippen LogP contribution is 2.53. The van der Waals surface area contributed by atoms with E-state index in [4.69, 9.17) is 11.6 Å². The molecule has 3 heteroatoms. The molecule has 1 amide bonds. The summed E-state index contributed by atoms with van der Waals surface area (Å²) in [5, 5.41) is 3.70. The second-order valence-corrected chi connectivity index (χ2v) is 5.91. The van der Waals surface area contributed by atoms with Gasteiger partial charge in [-0.25, -0.2) is 0 Å². The van der Waals surface area contributed by atoms with Gasteiger partial charge in [0.15, 0.2) is 0 Å². The summed E-state index contributed by atoms with van der Waals surface area (Å²) in [7, 11) is 0. The molecule has 1 aromatic carbocycles. The van der Waals surface area contributed by atoms with Gasteiger partial charge in [-0.1, -0.05) is 23.8 Å². The van der Waals surface area contributed by atoms with Crippen molar-refractivity contribution < 1.29 is 4.79 Å². The lowest BCUT2D eigenvalue weighted by Crippen LogP contribution is -2.15.